The first kappa shape index (κ1) is 19.7. The molecule has 3 rings (SSSR count). The van der Waals surface area contributed by atoms with Gasteiger partial charge in [-0.05, 0) is 29.1 Å². The summed E-state index contributed by atoms with van der Waals surface area (Å²) in [6, 6.07) is 12.8. The molecule has 0 saturated carbocycles. The van der Waals surface area contributed by atoms with Gasteiger partial charge in [-0.1, -0.05) is 18.2 Å². The smallest absolute Gasteiger partial charge is 0.191 e. The Bertz CT molecular complexity index is 697. The van der Waals surface area contributed by atoms with Crippen molar-refractivity contribution in [3.63, 3.8) is 0 Å². The minimum Gasteiger partial charge on any atom is -0.497 e. The summed E-state index contributed by atoms with van der Waals surface area (Å²) in [7, 11) is 3.50. The maximum absolute atomic E-state index is 5.53. The summed E-state index contributed by atoms with van der Waals surface area (Å²) in [5.74, 6) is 1.69. The Hall–Kier alpha value is -2.09. The van der Waals surface area contributed by atoms with Crippen molar-refractivity contribution >= 4 is 17.3 Å². The maximum Gasteiger partial charge on any atom is 0.191 e. The second kappa shape index (κ2) is 10.3. The second-order valence-corrected chi connectivity index (χ2v) is 7.36. The summed E-state index contributed by atoms with van der Waals surface area (Å²) in [6.07, 6.45) is 0. The SMILES string of the molecule is CN=C(NCc1cccs1)NCC(c1ccc(OC)cc1)N1CCOCC1. The maximum atomic E-state index is 5.53. The van der Waals surface area contributed by atoms with E-state index in [0.717, 1.165) is 51.1 Å². The largest absolute Gasteiger partial charge is 0.497 e. The molecule has 1 unspecified atom stereocenters. The zero-order valence-electron chi connectivity index (χ0n) is 16.0. The van der Waals surface area contributed by atoms with Crippen molar-refractivity contribution in [2.75, 3.05) is 47.0 Å². The van der Waals surface area contributed by atoms with Gasteiger partial charge in [0.05, 0.1) is 32.9 Å². The van der Waals surface area contributed by atoms with Gasteiger partial charge in [-0.2, -0.15) is 0 Å². The van der Waals surface area contributed by atoms with Crippen molar-refractivity contribution in [3.05, 3.63) is 52.2 Å². The van der Waals surface area contributed by atoms with E-state index in [9.17, 15) is 0 Å². The van der Waals surface area contributed by atoms with Gasteiger partial charge in [0.2, 0.25) is 0 Å². The first-order chi connectivity index (χ1) is 13.3. The van der Waals surface area contributed by atoms with Crippen LogP contribution in [-0.4, -0.2) is 57.9 Å². The molecule has 1 aliphatic rings. The number of hydrogen-bond acceptors (Lipinski definition) is 5. The van der Waals surface area contributed by atoms with Crippen molar-refractivity contribution < 1.29 is 9.47 Å². The summed E-state index contributed by atoms with van der Waals surface area (Å²) >= 11 is 1.74. The van der Waals surface area contributed by atoms with Crippen molar-refractivity contribution in [2.45, 2.75) is 12.6 Å². The van der Waals surface area contributed by atoms with Gasteiger partial charge in [-0.25, -0.2) is 0 Å². The molecular weight excluding hydrogens is 360 g/mol. The van der Waals surface area contributed by atoms with Crippen molar-refractivity contribution in [1.29, 1.82) is 0 Å². The standard InChI is InChI=1S/C20H28N4O2S/c1-21-20(22-14-18-4-3-13-27-18)23-15-19(24-9-11-26-12-10-24)16-5-7-17(25-2)8-6-16/h3-8,13,19H,9-12,14-15H2,1-2H3,(H2,21,22,23). The molecule has 1 atom stereocenters. The first-order valence-corrected chi connectivity index (χ1v) is 10.1. The molecule has 2 N–H and O–H groups in total. The Balaban J connectivity index is 1.64. The topological polar surface area (TPSA) is 58.1 Å². The van der Waals surface area contributed by atoms with Crippen LogP contribution in [0.5, 0.6) is 5.75 Å². The highest BCUT2D eigenvalue weighted by molar-refractivity contribution is 7.09. The Labute approximate surface area is 165 Å². The number of hydrogen-bond donors (Lipinski definition) is 2. The van der Waals surface area contributed by atoms with Crippen LogP contribution in [0.1, 0.15) is 16.5 Å². The lowest BCUT2D eigenvalue weighted by Crippen LogP contribution is -2.46. The molecular formula is C20H28N4O2S. The average Bonchev–Trinajstić information content (AvgIpc) is 3.25. The van der Waals surface area contributed by atoms with Crippen LogP contribution in [0.4, 0.5) is 0 Å². The highest BCUT2D eigenvalue weighted by atomic mass is 32.1. The number of guanidine groups is 1. The number of thiophene rings is 1. The number of ether oxygens (including phenoxy) is 2. The van der Waals surface area contributed by atoms with E-state index in [-0.39, 0.29) is 6.04 Å². The second-order valence-electron chi connectivity index (χ2n) is 6.32. The normalized spacial score (nSPS) is 16.7. The van der Waals surface area contributed by atoms with Crippen LogP contribution in [0.15, 0.2) is 46.8 Å². The lowest BCUT2D eigenvalue weighted by Gasteiger charge is -2.35. The zero-order valence-corrected chi connectivity index (χ0v) is 16.8. The van der Waals surface area contributed by atoms with E-state index < -0.39 is 0 Å². The van der Waals surface area contributed by atoms with Gasteiger partial charge in [0.25, 0.3) is 0 Å². The highest BCUT2D eigenvalue weighted by Gasteiger charge is 2.23. The molecule has 1 saturated heterocycles. The van der Waals surface area contributed by atoms with Gasteiger partial charge < -0.3 is 20.1 Å². The molecule has 2 aromatic rings. The van der Waals surface area contributed by atoms with Crippen molar-refractivity contribution in [2.24, 2.45) is 4.99 Å². The number of nitrogens with one attached hydrogen (secondary N) is 2. The minimum absolute atomic E-state index is 0.250. The van der Waals surface area contributed by atoms with Crippen molar-refractivity contribution in [3.8, 4) is 5.75 Å². The van der Waals surface area contributed by atoms with E-state index in [4.69, 9.17) is 9.47 Å². The van der Waals surface area contributed by atoms with Crippen LogP contribution < -0.4 is 15.4 Å². The summed E-state index contributed by atoms with van der Waals surface area (Å²) < 4.78 is 10.8. The predicted octanol–water partition coefficient (Wildman–Crippen LogP) is 2.50. The van der Waals surface area contributed by atoms with E-state index in [0.29, 0.717) is 0 Å². The molecule has 0 aliphatic carbocycles. The van der Waals surface area contributed by atoms with Crippen molar-refractivity contribution in [1.82, 2.24) is 15.5 Å². The van der Waals surface area contributed by atoms with Gasteiger partial charge in [-0.15, -0.1) is 11.3 Å². The fraction of sp³-hybridized carbons (Fsp3) is 0.450. The molecule has 0 bridgehead atoms. The van der Waals surface area contributed by atoms with Crippen LogP contribution in [-0.2, 0) is 11.3 Å². The van der Waals surface area contributed by atoms with Crippen LogP contribution in [0.2, 0.25) is 0 Å². The first-order valence-electron chi connectivity index (χ1n) is 9.23. The van der Waals surface area contributed by atoms with E-state index >= 15 is 0 Å². The van der Waals surface area contributed by atoms with Crippen LogP contribution in [0, 0.1) is 0 Å². The molecule has 146 valence electrons. The Kier molecular flexibility index (Phi) is 7.50. The van der Waals surface area contributed by atoms with Crippen LogP contribution >= 0.6 is 11.3 Å². The fourth-order valence-corrected chi connectivity index (χ4v) is 3.82. The predicted molar refractivity (Wildman–Crippen MR) is 111 cm³/mol. The number of benzene rings is 1. The highest BCUT2D eigenvalue weighted by Crippen LogP contribution is 2.23. The Morgan fingerprint density at radius 2 is 2.00 bits per heavy atom. The summed E-state index contributed by atoms with van der Waals surface area (Å²) in [4.78, 5) is 8.11. The number of methoxy groups -OCH3 is 1. The number of rotatable bonds is 7. The third-order valence-corrected chi connectivity index (χ3v) is 5.56. The lowest BCUT2D eigenvalue weighted by molar-refractivity contribution is 0.0170. The number of morpholine rings is 1. The van der Waals surface area contributed by atoms with E-state index in [1.165, 1.54) is 10.4 Å². The molecule has 1 aromatic carbocycles. The van der Waals surface area contributed by atoms with Gasteiger partial charge in [0.1, 0.15) is 5.75 Å². The third-order valence-electron chi connectivity index (χ3n) is 4.68. The average molecular weight is 389 g/mol. The molecule has 7 heteroatoms. The van der Waals surface area contributed by atoms with Gasteiger partial charge >= 0.3 is 0 Å². The Morgan fingerprint density at radius 3 is 2.63 bits per heavy atom. The molecule has 6 nitrogen and oxygen atoms in total. The van der Waals surface area contributed by atoms with Gasteiger partial charge in [0, 0.05) is 31.6 Å². The molecule has 0 spiro atoms. The Morgan fingerprint density at radius 1 is 1.22 bits per heavy atom. The summed E-state index contributed by atoms with van der Waals surface area (Å²) in [5.41, 5.74) is 1.26. The number of aliphatic imine (C=N–C) groups is 1. The summed E-state index contributed by atoms with van der Waals surface area (Å²) in [6.45, 7) is 4.97. The molecule has 27 heavy (non-hydrogen) atoms. The molecule has 0 amide bonds. The van der Waals surface area contributed by atoms with E-state index in [1.807, 2.05) is 12.1 Å². The lowest BCUT2D eigenvalue weighted by atomic mass is 10.0. The third kappa shape index (κ3) is 5.69. The molecule has 1 aromatic heterocycles. The number of nitrogens with zero attached hydrogens (tertiary/aromatic N) is 2. The zero-order chi connectivity index (χ0) is 18.9. The quantitative estimate of drug-likeness (QED) is 0.564. The molecule has 1 aliphatic heterocycles. The van der Waals surface area contributed by atoms with E-state index in [2.05, 4.69) is 50.2 Å². The van der Waals surface area contributed by atoms with Crippen LogP contribution in [0.3, 0.4) is 0 Å². The monoisotopic (exact) mass is 388 g/mol. The fourth-order valence-electron chi connectivity index (χ4n) is 3.17. The molecule has 0 radical (unpaired) electrons. The molecule has 1 fully saturated rings. The molecule has 2 heterocycles. The van der Waals surface area contributed by atoms with E-state index in [1.54, 1.807) is 25.5 Å². The van der Waals surface area contributed by atoms with Gasteiger partial charge in [0.15, 0.2) is 5.96 Å². The minimum atomic E-state index is 0.250. The van der Waals surface area contributed by atoms with Gasteiger partial charge in [-0.3, -0.25) is 9.89 Å². The van der Waals surface area contributed by atoms with Crippen LogP contribution in [0.25, 0.3) is 0 Å². The summed E-state index contributed by atoms with van der Waals surface area (Å²) in [5, 5.41) is 8.96.